The van der Waals surface area contributed by atoms with E-state index < -0.39 is 0 Å². The van der Waals surface area contributed by atoms with Gasteiger partial charge in [0.1, 0.15) is 5.52 Å². The lowest BCUT2D eigenvalue weighted by Crippen LogP contribution is -2.57. The number of amides is 1. The second-order valence-corrected chi connectivity index (χ2v) is 6.13. The van der Waals surface area contributed by atoms with Crippen LogP contribution >= 0.6 is 0 Å². The first-order valence-corrected chi connectivity index (χ1v) is 7.59. The van der Waals surface area contributed by atoms with Crippen molar-refractivity contribution in [1.29, 1.82) is 0 Å². The van der Waals surface area contributed by atoms with E-state index in [4.69, 9.17) is 4.42 Å². The Hall–Kier alpha value is -1.88. The lowest BCUT2D eigenvalue weighted by molar-refractivity contribution is 0.0620. The summed E-state index contributed by atoms with van der Waals surface area (Å²) in [5, 5.41) is 3.20. The highest BCUT2D eigenvalue weighted by Gasteiger charge is 2.34. The monoisotopic (exact) mass is 285 g/mol. The molecule has 0 unspecified atom stereocenters. The van der Waals surface area contributed by atoms with Crippen LogP contribution in [0.3, 0.4) is 0 Å². The molecule has 5 heteroatoms. The fourth-order valence-corrected chi connectivity index (χ4v) is 3.56. The molecule has 1 N–H and O–H groups in total. The minimum atomic E-state index is -0.00342. The van der Waals surface area contributed by atoms with Crippen molar-refractivity contribution in [3.8, 4) is 0 Å². The highest BCUT2D eigenvalue weighted by molar-refractivity contribution is 5.97. The number of hydrogen-bond donors (Lipinski definition) is 1. The predicted molar refractivity (Wildman–Crippen MR) is 79.2 cm³/mol. The van der Waals surface area contributed by atoms with Gasteiger partial charge in [-0.25, -0.2) is 4.98 Å². The van der Waals surface area contributed by atoms with E-state index in [1.54, 1.807) is 0 Å². The van der Waals surface area contributed by atoms with Gasteiger partial charge < -0.3 is 14.6 Å². The summed E-state index contributed by atoms with van der Waals surface area (Å²) in [5.74, 6) is 1.26. The Bertz CT molecular complexity index is 686. The molecule has 0 spiro atoms. The molecule has 1 atom stereocenters. The molecule has 2 aromatic rings. The minimum Gasteiger partial charge on any atom is -0.441 e. The Morgan fingerprint density at radius 1 is 1.38 bits per heavy atom. The number of carbonyl (C=O) groups excluding carboxylic acids is 1. The molecule has 2 bridgehead atoms. The fourth-order valence-electron chi connectivity index (χ4n) is 3.56. The molecule has 3 aliphatic rings. The number of benzene rings is 1. The van der Waals surface area contributed by atoms with Gasteiger partial charge in [-0.05, 0) is 50.0 Å². The molecule has 0 saturated carbocycles. The van der Waals surface area contributed by atoms with Crippen LogP contribution in [-0.2, 0) is 0 Å². The van der Waals surface area contributed by atoms with E-state index in [0.717, 1.165) is 17.6 Å². The standard InChI is InChI=1S/C16H19N3O2/c1-10-17-13-8-12(2-3-15(13)21-10)16(20)18-14-9-19-6-4-11(14)5-7-19/h2-3,8,11,14H,4-7,9H2,1H3,(H,18,20)/t14-/m0/s1. The van der Waals surface area contributed by atoms with Crippen LogP contribution in [0.2, 0.25) is 0 Å². The third kappa shape index (κ3) is 2.31. The number of nitrogens with zero attached hydrogens (tertiary/aromatic N) is 2. The molecule has 1 aromatic carbocycles. The Morgan fingerprint density at radius 2 is 2.19 bits per heavy atom. The van der Waals surface area contributed by atoms with Crippen LogP contribution in [0.1, 0.15) is 29.1 Å². The maximum atomic E-state index is 12.5. The molecule has 3 saturated heterocycles. The number of carbonyl (C=O) groups is 1. The van der Waals surface area contributed by atoms with Crippen LogP contribution in [0.4, 0.5) is 0 Å². The Labute approximate surface area is 123 Å². The summed E-state index contributed by atoms with van der Waals surface area (Å²) in [6.07, 6.45) is 2.40. The maximum Gasteiger partial charge on any atom is 0.251 e. The van der Waals surface area contributed by atoms with E-state index >= 15 is 0 Å². The number of nitrogens with one attached hydrogen (secondary N) is 1. The number of rotatable bonds is 2. The first-order valence-electron chi connectivity index (χ1n) is 7.59. The van der Waals surface area contributed by atoms with Crippen LogP contribution in [0.15, 0.2) is 22.6 Å². The van der Waals surface area contributed by atoms with E-state index in [1.807, 2.05) is 25.1 Å². The van der Waals surface area contributed by atoms with Crippen molar-refractivity contribution in [1.82, 2.24) is 15.2 Å². The average molecular weight is 285 g/mol. The number of piperidine rings is 3. The van der Waals surface area contributed by atoms with Gasteiger partial charge in [0.05, 0.1) is 0 Å². The van der Waals surface area contributed by atoms with Crippen molar-refractivity contribution in [2.45, 2.75) is 25.8 Å². The van der Waals surface area contributed by atoms with Gasteiger partial charge in [-0.3, -0.25) is 4.79 Å². The zero-order valence-electron chi connectivity index (χ0n) is 12.1. The summed E-state index contributed by atoms with van der Waals surface area (Å²) in [5.41, 5.74) is 2.13. The van der Waals surface area contributed by atoms with Crippen molar-refractivity contribution < 1.29 is 9.21 Å². The van der Waals surface area contributed by atoms with Crippen molar-refractivity contribution >= 4 is 17.0 Å². The van der Waals surface area contributed by atoms with Gasteiger partial charge in [0.25, 0.3) is 5.91 Å². The van der Waals surface area contributed by atoms with E-state index in [0.29, 0.717) is 17.4 Å². The van der Waals surface area contributed by atoms with Gasteiger partial charge in [-0.2, -0.15) is 0 Å². The smallest absolute Gasteiger partial charge is 0.251 e. The summed E-state index contributed by atoms with van der Waals surface area (Å²) in [6, 6.07) is 5.72. The van der Waals surface area contributed by atoms with Crippen LogP contribution in [0.25, 0.3) is 11.1 Å². The van der Waals surface area contributed by atoms with Crippen molar-refractivity contribution in [2.75, 3.05) is 19.6 Å². The maximum absolute atomic E-state index is 12.5. The highest BCUT2D eigenvalue weighted by atomic mass is 16.3. The zero-order chi connectivity index (χ0) is 14.4. The van der Waals surface area contributed by atoms with Crippen molar-refractivity contribution in [3.05, 3.63) is 29.7 Å². The summed E-state index contributed by atoms with van der Waals surface area (Å²) in [7, 11) is 0. The Balaban J connectivity index is 1.53. The molecular formula is C16H19N3O2. The average Bonchev–Trinajstić information content (AvgIpc) is 2.87. The third-order valence-electron chi connectivity index (χ3n) is 4.73. The van der Waals surface area contributed by atoms with Gasteiger partial charge in [0.15, 0.2) is 11.5 Å². The molecule has 1 amide bonds. The van der Waals surface area contributed by atoms with Gasteiger partial charge >= 0.3 is 0 Å². The quantitative estimate of drug-likeness (QED) is 0.916. The number of aromatic nitrogens is 1. The third-order valence-corrected chi connectivity index (χ3v) is 4.73. The molecule has 21 heavy (non-hydrogen) atoms. The molecule has 5 rings (SSSR count). The number of oxazole rings is 1. The topological polar surface area (TPSA) is 58.4 Å². The molecule has 5 nitrogen and oxygen atoms in total. The van der Waals surface area contributed by atoms with Crippen molar-refractivity contribution in [2.24, 2.45) is 5.92 Å². The van der Waals surface area contributed by atoms with Gasteiger partial charge in [0, 0.05) is 25.1 Å². The summed E-state index contributed by atoms with van der Waals surface area (Å²) in [4.78, 5) is 19.2. The molecule has 1 aromatic heterocycles. The highest BCUT2D eigenvalue weighted by Crippen LogP contribution is 2.27. The van der Waals surface area contributed by atoms with E-state index in [2.05, 4.69) is 15.2 Å². The predicted octanol–water partition coefficient (Wildman–Crippen LogP) is 1.96. The lowest BCUT2D eigenvalue weighted by atomic mass is 9.84. The number of hydrogen-bond acceptors (Lipinski definition) is 4. The van der Waals surface area contributed by atoms with Gasteiger partial charge in [-0.1, -0.05) is 0 Å². The number of aryl methyl sites for hydroxylation is 1. The van der Waals surface area contributed by atoms with E-state index in [1.165, 1.54) is 25.9 Å². The molecule has 0 radical (unpaired) electrons. The van der Waals surface area contributed by atoms with Gasteiger partial charge in [0.2, 0.25) is 0 Å². The lowest BCUT2D eigenvalue weighted by Gasteiger charge is -2.44. The van der Waals surface area contributed by atoms with Gasteiger partial charge in [-0.15, -0.1) is 0 Å². The summed E-state index contributed by atoms with van der Waals surface area (Å²) < 4.78 is 5.44. The second-order valence-electron chi connectivity index (χ2n) is 6.13. The Kier molecular flexibility index (Phi) is 2.96. The van der Waals surface area contributed by atoms with E-state index in [-0.39, 0.29) is 11.9 Å². The van der Waals surface area contributed by atoms with E-state index in [9.17, 15) is 4.79 Å². The molecule has 3 aliphatic heterocycles. The molecule has 4 heterocycles. The molecule has 3 fully saturated rings. The first kappa shape index (κ1) is 12.8. The molecule has 110 valence electrons. The molecule has 0 aliphatic carbocycles. The fraction of sp³-hybridized carbons (Fsp3) is 0.500. The first-order chi connectivity index (χ1) is 10.2. The van der Waals surface area contributed by atoms with Crippen molar-refractivity contribution in [3.63, 3.8) is 0 Å². The van der Waals surface area contributed by atoms with Crippen LogP contribution in [0.5, 0.6) is 0 Å². The largest absolute Gasteiger partial charge is 0.441 e. The van der Waals surface area contributed by atoms with Crippen LogP contribution in [-0.4, -0.2) is 41.5 Å². The minimum absolute atomic E-state index is 0.00342. The molecular weight excluding hydrogens is 266 g/mol. The summed E-state index contributed by atoms with van der Waals surface area (Å²) in [6.45, 7) is 5.16. The normalized spacial score (nSPS) is 28.0. The SMILES string of the molecule is Cc1nc2cc(C(=O)N[C@H]3CN4CCC3CC4)ccc2o1. The van der Waals surface area contributed by atoms with Crippen LogP contribution in [0, 0.1) is 12.8 Å². The zero-order valence-corrected chi connectivity index (χ0v) is 12.1. The summed E-state index contributed by atoms with van der Waals surface area (Å²) >= 11 is 0. The Morgan fingerprint density at radius 3 is 2.90 bits per heavy atom. The number of fused-ring (bicyclic) bond motifs is 4. The second kappa shape index (κ2) is 4.84. The van der Waals surface area contributed by atoms with Crippen LogP contribution < -0.4 is 5.32 Å².